The zero-order valence-electron chi connectivity index (χ0n) is 15.4. The second kappa shape index (κ2) is 7.11. The van der Waals surface area contributed by atoms with Crippen LogP contribution in [0.5, 0.6) is 0 Å². The molecule has 1 saturated heterocycles. The van der Waals surface area contributed by atoms with Gasteiger partial charge in [0.1, 0.15) is 0 Å². The predicted octanol–water partition coefficient (Wildman–Crippen LogP) is 2.04. The van der Waals surface area contributed by atoms with Gasteiger partial charge < -0.3 is 10.2 Å². The Bertz CT molecular complexity index is 745. The molecule has 4 rings (SSSR count). The molecule has 6 heteroatoms. The number of aryl methyl sites for hydroxylation is 1. The Balaban J connectivity index is 1.30. The van der Waals surface area contributed by atoms with E-state index in [0.29, 0.717) is 6.54 Å². The summed E-state index contributed by atoms with van der Waals surface area (Å²) in [6.45, 7) is 6.07. The highest BCUT2D eigenvalue weighted by Gasteiger charge is 2.40. The molecule has 0 atom stereocenters. The topological polar surface area (TPSA) is 64.3 Å². The molecule has 1 aromatic carbocycles. The first-order valence-corrected chi connectivity index (χ1v) is 9.50. The Kier molecular flexibility index (Phi) is 4.68. The maximum Gasteiger partial charge on any atom is 0.234 e. The largest absolute Gasteiger partial charge is 0.353 e. The van der Waals surface area contributed by atoms with Gasteiger partial charge in [-0.2, -0.15) is 5.10 Å². The van der Waals surface area contributed by atoms with Crippen LogP contribution in [-0.2, 0) is 10.3 Å². The molecule has 2 aliphatic rings. The summed E-state index contributed by atoms with van der Waals surface area (Å²) >= 11 is 0. The summed E-state index contributed by atoms with van der Waals surface area (Å²) in [6, 6.07) is 12.5. The van der Waals surface area contributed by atoms with Gasteiger partial charge in [0.2, 0.25) is 5.91 Å². The number of rotatable bonds is 5. The minimum absolute atomic E-state index is 0.137. The van der Waals surface area contributed by atoms with Crippen molar-refractivity contribution in [1.29, 1.82) is 0 Å². The number of anilines is 1. The number of hydrogen-bond acceptors (Lipinski definition) is 4. The Labute approximate surface area is 154 Å². The summed E-state index contributed by atoms with van der Waals surface area (Å²) in [5, 5.41) is 10.7. The van der Waals surface area contributed by atoms with E-state index in [4.69, 9.17) is 0 Å². The number of carbonyl (C=O) groups excluding carboxylic acids is 1. The number of amides is 1. The molecule has 2 heterocycles. The van der Waals surface area contributed by atoms with Crippen LogP contribution in [0.2, 0.25) is 0 Å². The quantitative estimate of drug-likeness (QED) is 0.863. The fourth-order valence-electron chi connectivity index (χ4n) is 3.98. The lowest BCUT2D eigenvalue weighted by Crippen LogP contribution is -2.55. The molecule has 6 nitrogen and oxygen atoms in total. The number of carbonyl (C=O) groups is 1. The van der Waals surface area contributed by atoms with E-state index in [9.17, 15) is 4.79 Å². The first-order valence-electron chi connectivity index (χ1n) is 9.50. The van der Waals surface area contributed by atoms with Gasteiger partial charge in [0.15, 0.2) is 5.82 Å². The van der Waals surface area contributed by atoms with Gasteiger partial charge in [-0.05, 0) is 31.7 Å². The number of benzene rings is 1. The van der Waals surface area contributed by atoms with Crippen LogP contribution in [0, 0.1) is 6.92 Å². The molecule has 0 bridgehead atoms. The molecule has 1 aliphatic carbocycles. The Morgan fingerprint density at radius 2 is 1.92 bits per heavy atom. The summed E-state index contributed by atoms with van der Waals surface area (Å²) in [4.78, 5) is 17.2. The van der Waals surface area contributed by atoms with Crippen LogP contribution in [-0.4, -0.2) is 53.7 Å². The number of aromatic amines is 1. The standard InChI is InChI=1S/C20H27N5O/c1-16-14-18(23-22-16)25-12-10-24(11-13-25)15-19(26)21-20(8-5-9-20)17-6-3-2-4-7-17/h2-4,6-7,14H,5,8-13,15H2,1H3,(H,21,26)(H,22,23). The number of piperazine rings is 1. The van der Waals surface area contributed by atoms with Crippen molar-refractivity contribution in [3.8, 4) is 0 Å². The molecular weight excluding hydrogens is 326 g/mol. The summed E-state index contributed by atoms with van der Waals surface area (Å²) < 4.78 is 0. The number of nitrogens with one attached hydrogen (secondary N) is 2. The van der Waals surface area contributed by atoms with Gasteiger partial charge in [0.25, 0.3) is 0 Å². The lowest BCUT2D eigenvalue weighted by Gasteiger charge is -2.44. The molecule has 2 fully saturated rings. The smallest absolute Gasteiger partial charge is 0.234 e. The average molecular weight is 353 g/mol. The maximum absolute atomic E-state index is 12.7. The third kappa shape index (κ3) is 3.46. The third-order valence-corrected chi connectivity index (χ3v) is 5.67. The van der Waals surface area contributed by atoms with Crippen molar-refractivity contribution in [3.05, 3.63) is 47.7 Å². The Morgan fingerprint density at radius 3 is 2.50 bits per heavy atom. The fourth-order valence-corrected chi connectivity index (χ4v) is 3.98. The molecule has 1 aliphatic heterocycles. The van der Waals surface area contributed by atoms with Crippen molar-refractivity contribution in [2.75, 3.05) is 37.6 Å². The first kappa shape index (κ1) is 17.1. The van der Waals surface area contributed by atoms with E-state index in [1.165, 1.54) is 12.0 Å². The molecule has 1 saturated carbocycles. The van der Waals surface area contributed by atoms with Gasteiger partial charge in [-0.25, -0.2) is 0 Å². The average Bonchev–Trinajstić information content (AvgIpc) is 3.06. The van der Waals surface area contributed by atoms with Crippen molar-refractivity contribution >= 4 is 11.7 Å². The zero-order chi connectivity index (χ0) is 18.0. The van der Waals surface area contributed by atoms with Crippen LogP contribution in [0.1, 0.15) is 30.5 Å². The highest BCUT2D eigenvalue weighted by atomic mass is 16.2. The SMILES string of the molecule is Cc1cc(N2CCN(CC(=O)NC3(c4ccccc4)CCC3)CC2)n[nH]1. The second-order valence-electron chi connectivity index (χ2n) is 7.52. The summed E-state index contributed by atoms with van der Waals surface area (Å²) in [7, 11) is 0. The summed E-state index contributed by atoms with van der Waals surface area (Å²) in [5.74, 6) is 1.14. The Hall–Kier alpha value is -2.34. The van der Waals surface area contributed by atoms with Gasteiger partial charge in [-0.1, -0.05) is 30.3 Å². The number of H-pyrrole nitrogens is 1. The van der Waals surface area contributed by atoms with E-state index >= 15 is 0 Å². The minimum atomic E-state index is -0.146. The van der Waals surface area contributed by atoms with Gasteiger partial charge in [0, 0.05) is 37.9 Å². The first-order chi connectivity index (χ1) is 12.6. The molecule has 1 amide bonds. The second-order valence-corrected chi connectivity index (χ2v) is 7.52. The molecule has 0 spiro atoms. The predicted molar refractivity (Wildman–Crippen MR) is 102 cm³/mol. The highest BCUT2D eigenvalue weighted by Crippen LogP contribution is 2.41. The van der Waals surface area contributed by atoms with Crippen molar-refractivity contribution in [3.63, 3.8) is 0 Å². The molecule has 0 radical (unpaired) electrons. The summed E-state index contributed by atoms with van der Waals surface area (Å²) in [6.07, 6.45) is 3.25. The fraction of sp³-hybridized carbons (Fsp3) is 0.500. The minimum Gasteiger partial charge on any atom is -0.353 e. The van der Waals surface area contributed by atoms with E-state index in [2.05, 4.69) is 55.6 Å². The molecule has 1 aromatic heterocycles. The number of hydrogen-bond donors (Lipinski definition) is 2. The Morgan fingerprint density at radius 1 is 1.19 bits per heavy atom. The third-order valence-electron chi connectivity index (χ3n) is 5.67. The van der Waals surface area contributed by atoms with Crippen LogP contribution >= 0.6 is 0 Å². The summed E-state index contributed by atoms with van der Waals surface area (Å²) in [5.41, 5.74) is 2.17. The normalized spacial score (nSPS) is 19.8. The van der Waals surface area contributed by atoms with Crippen LogP contribution in [0.25, 0.3) is 0 Å². The molecule has 2 N–H and O–H groups in total. The van der Waals surface area contributed by atoms with Gasteiger partial charge in [-0.3, -0.25) is 14.8 Å². The van der Waals surface area contributed by atoms with E-state index < -0.39 is 0 Å². The number of nitrogens with zero attached hydrogens (tertiary/aromatic N) is 3. The van der Waals surface area contributed by atoms with Gasteiger partial charge >= 0.3 is 0 Å². The van der Waals surface area contributed by atoms with Crippen molar-refractivity contribution in [1.82, 2.24) is 20.4 Å². The number of aromatic nitrogens is 2. The van der Waals surface area contributed by atoms with Crippen molar-refractivity contribution in [2.24, 2.45) is 0 Å². The maximum atomic E-state index is 12.7. The van der Waals surface area contributed by atoms with Crippen LogP contribution < -0.4 is 10.2 Å². The van der Waals surface area contributed by atoms with Crippen LogP contribution in [0.4, 0.5) is 5.82 Å². The van der Waals surface area contributed by atoms with E-state index in [0.717, 1.165) is 50.5 Å². The molecule has 0 unspecified atom stereocenters. The molecule has 138 valence electrons. The van der Waals surface area contributed by atoms with E-state index in [1.54, 1.807) is 0 Å². The van der Waals surface area contributed by atoms with E-state index in [1.807, 2.05) is 13.0 Å². The van der Waals surface area contributed by atoms with Crippen molar-refractivity contribution in [2.45, 2.75) is 31.7 Å². The van der Waals surface area contributed by atoms with Crippen LogP contribution in [0.3, 0.4) is 0 Å². The molecule has 2 aromatic rings. The molecular formula is C20H27N5O. The van der Waals surface area contributed by atoms with Crippen LogP contribution in [0.15, 0.2) is 36.4 Å². The highest BCUT2D eigenvalue weighted by molar-refractivity contribution is 5.79. The zero-order valence-corrected chi connectivity index (χ0v) is 15.4. The van der Waals surface area contributed by atoms with Gasteiger partial charge in [-0.15, -0.1) is 0 Å². The van der Waals surface area contributed by atoms with Gasteiger partial charge in [0.05, 0.1) is 12.1 Å². The lowest BCUT2D eigenvalue weighted by atomic mass is 9.72. The van der Waals surface area contributed by atoms with E-state index in [-0.39, 0.29) is 11.4 Å². The monoisotopic (exact) mass is 353 g/mol. The molecule has 26 heavy (non-hydrogen) atoms. The van der Waals surface area contributed by atoms with Crippen molar-refractivity contribution < 1.29 is 4.79 Å². The lowest BCUT2D eigenvalue weighted by molar-refractivity contribution is -0.125.